The summed E-state index contributed by atoms with van der Waals surface area (Å²) >= 11 is 0. The van der Waals surface area contributed by atoms with Gasteiger partial charge in [0, 0.05) is 19.9 Å². The van der Waals surface area contributed by atoms with E-state index in [0.29, 0.717) is 43.4 Å². The SMILES string of the molecule is COC[C@H]1CCn2cncc2CN1C(=O)c1cccc2c1OCCO2. The highest BCUT2D eigenvalue weighted by Crippen LogP contribution is 2.35. The second-order valence-corrected chi connectivity index (χ2v) is 6.24. The Balaban J connectivity index is 1.69. The van der Waals surface area contributed by atoms with E-state index in [9.17, 15) is 4.79 Å². The average Bonchev–Trinajstić information content (AvgIpc) is 3.02. The van der Waals surface area contributed by atoms with Crippen LogP contribution in [-0.4, -0.2) is 53.3 Å². The van der Waals surface area contributed by atoms with Crippen molar-refractivity contribution in [1.29, 1.82) is 0 Å². The predicted octanol–water partition coefficient (Wildman–Crippen LogP) is 1.72. The highest BCUT2D eigenvalue weighted by atomic mass is 16.6. The second-order valence-electron chi connectivity index (χ2n) is 6.24. The minimum atomic E-state index is -0.0703. The number of aryl methyl sites for hydroxylation is 1. The van der Waals surface area contributed by atoms with Crippen LogP contribution in [0.5, 0.6) is 11.5 Å². The van der Waals surface area contributed by atoms with E-state index in [1.807, 2.05) is 29.6 Å². The number of hydrogen-bond donors (Lipinski definition) is 0. The van der Waals surface area contributed by atoms with Crippen molar-refractivity contribution in [2.75, 3.05) is 26.9 Å². The zero-order valence-electron chi connectivity index (χ0n) is 14.2. The maximum Gasteiger partial charge on any atom is 0.258 e. The lowest BCUT2D eigenvalue weighted by Gasteiger charge is -2.30. The summed E-state index contributed by atoms with van der Waals surface area (Å²) in [4.78, 5) is 19.4. The fourth-order valence-corrected chi connectivity index (χ4v) is 3.43. The number of methoxy groups -OCH3 is 1. The van der Waals surface area contributed by atoms with Crippen molar-refractivity contribution in [3.05, 3.63) is 42.0 Å². The van der Waals surface area contributed by atoms with E-state index in [2.05, 4.69) is 9.55 Å². The molecule has 0 bridgehead atoms. The molecular weight excluding hydrogens is 322 g/mol. The molecule has 7 heteroatoms. The summed E-state index contributed by atoms with van der Waals surface area (Å²) in [6.45, 7) is 2.76. The molecule has 25 heavy (non-hydrogen) atoms. The van der Waals surface area contributed by atoms with E-state index in [-0.39, 0.29) is 11.9 Å². The van der Waals surface area contributed by atoms with Crippen LogP contribution in [0.1, 0.15) is 22.5 Å². The third-order valence-electron chi connectivity index (χ3n) is 4.69. The Bertz CT molecular complexity index is 773. The summed E-state index contributed by atoms with van der Waals surface area (Å²) in [5.74, 6) is 1.09. The third kappa shape index (κ3) is 2.95. The van der Waals surface area contributed by atoms with E-state index in [1.54, 1.807) is 13.2 Å². The molecule has 132 valence electrons. The van der Waals surface area contributed by atoms with Crippen LogP contribution < -0.4 is 9.47 Å². The quantitative estimate of drug-likeness (QED) is 0.849. The minimum absolute atomic E-state index is 0.00207. The molecule has 1 aromatic heterocycles. The molecule has 0 fully saturated rings. The largest absolute Gasteiger partial charge is 0.486 e. The number of nitrogens with zero attached hydrogens (tertiary/aromatic N) is 3. The molecule has 0 saturated carbocycles. The minimum Gasteiger partial charge on any atom is -0.486 e. The number of carbonyl (C=O) groups is 1. The van der Waals surface area contributed by atoms with Crippen molar-refractivity contribution in [3.8, 4) is 11.5 Å². The van der Waals surface area contributed by atoms with Crippen molar-refractivity contribution in [3.63, 3.8) is 0 Å². The smallest absolute Gasteiger partial charge is 0.258 e. The van der Waals surface area contributed by atoms with Gasteiger partial charge in [0.05, 0.1) is 36.8 Å². The van der Waals surface area contributed by atoms with Crippen LogP contribution in [0.3, 0.4) is 0 Å². The van der Waals surface area contributed by atoms with Crippen LogP contribution in [0.25, 0.3) is 0 Å². The first kappa shape index (κ1) is 16.0. The lowest BCUT2D eigenvalue weighted by Crippen LogP contribution is -2.42. The van der Waals surface area contributed by atoms with Crippen molar-refractivity contribution in [1.82, 2.24) is 14.5 Å². The molecule has 0 radical (unpaired) electrons. The van der Waals surface area contributed by atoms with Crippen LogP contribution in [0.2, 0.25) is 0 Å². The number of para-hydroxylation sites is 1. The third-order valence-corrected chi connectivity index (χ3v) is 4.69. The maximum atomic E-state index is 13.3. The summed E-state index contributed by atoms with van der Waals surface area (Å²) in [7, 11) is 1.66. The first-order chi connectivity index (χ1) is 12.3. The van der Waals surface area contributed by atoms with Gasteiger partial charge in [0.1, 0.15) is 13.2 Å². The molecule has 0 spiro atoms. The van der Waals surface area contributed by atoms with Crippen LogP contribution in [0.15, 0.2) is 30.7 Å². The summed E-state index contributed by atoms with van der Waals surface area (Å²) in [5, 5.41) is 0. The van der Waals surface area contributed by atoms with E-state index in [4.69, 9.17) is 14.2 Å². The van der Waals surface area contributed by atoms with Crippen LogP contribution in [0, 0.1) is 0 Å². The van der Waals surface area contributed by atoms with Gasteiger partial charge in [0.25, 0.3) is 5.91 Å². The highest BCUT2D eigenvalue weighted by molar-refractivity contribution is 5.98. The molecule has 2 aliphatic rings. The van der Waals surface area contributed by atoms with Gasteiger partial charge >= 0.3 is 0 Å². The van der Waals surface area contributed by atoms with E-state index < -0.39 is 0 Å². The Kier molecular flexibility index (Phi) is 4.31. The molecule has 3 heterocycles. The Morgan fingerprint density at radius 2 is 2.24 bits per heavy atom. The number of ether oxygens (including phenoxy) is 3. The summed E-state index contributed by atoms with van der Waals surface area (Å²) in [6, 6.07) is 5.45. The molecule has 1 atom stereocenters. The van der Waals surface area contributed by atoms with Gasteiger partial charge < -0.3 is 23.7 Å². The van der Waals surface area contributed by atoms with Crippen molar-refractivity contribution >= 4 is 5.91 Å². The molecule has 0 saturated heterocycles. The first-order valence-electron chi connectivity index (χ1n) is 8.45. The number of fused-ring (bicyclic) bond motifs is 2. The maximum absolute atomic E-state index is 13.3. The Hall–Kier alpha value is -2.54. The average molecular weight is 343 g/mol. The molecule has 4 rings (SSSR count). The van der Waals surface area contributed by atoms with Gasteiger partial charge in [-0.05, 0) is 18.6 Å². The van der Waals surface area contributed by atoms with E-state index >= 15 is 0 Å². The summed E-state index contributed by atoms with van der Waals surface area (Å²) < 4.78 is 18.8. The van der Waals surface area contributed by atoms with Crippen LogP contribution >= 0.6 is 0 Å². The Labute approximate surface area is 146 Å². The van der Waals surface area contributed by atoms with Gasteiger partial charge in [0.15, 0.2) is 11.5 Å². The second kappa shape index (κ2) is 6.76. The molecule has 2 aliphatic heterocycles. The summed E-state index contributed by atoms with van der Waals surface area (Å²) in [6.07, 6.45) is 4.44. The van der Waals surface area contributed by atoms with Crippen LogP contribution in [0.4, 0.5) is 0 Å². The number of hydrogen-bond acceptors (Lipinski definition) is 5. The Morgan fingerprint density at radius 1 is 1.36 bits per heavy atom. The van der Waals surface area contributed by atoms with Gasteiger partial charge in [-0.25, -0.2) is 4.98 Å². The highest BCUT2D eigenvalue weighted by Gasteiger charge is 2.31. The van der Waals surface area contributed by atoms with Crippen molar-refractivity contribution in [2.45, 2.75) is 25.6 Å². The molecule has 0 unspecified atom stereocenters. The number of imidazole rings is 1. The number of carbonyl (C=O) groups excluding carboxylic acids is 1. The van der Waals surface area contributed by atoms with Gasteiger partial charge in [-0.2, -0.15) is 0 Å². The predicted molar refractivity (Wildman–Crippen MR) is 89.8 cm³/mol. The molecule has 0 N–H and O–H groups in total. The number of rotatable bonds is 3. The topological polar surface area (TPSA) is 65.8 Å². The first-order valence-corrected chi connectivity index (χ1v) is 8.45. The zero-order chi connectivity index (χ0) is 17.2. The molecule has 1 amide bonds. The fourth-order valence-electron chi connectivity index (χ4n) is 3.43. The lowest BCUT2D eigenvalue weighted by atomic mass is 10.1. The summed E-state index contributed by atoms with van der Waals surface area (Å²) in [5.41, 5.74) is 1.56. The number of benzene rings is 1. The lowest BCUT2D eigenvalue weighted by molar-refractivity contribution is 0.0495. The van der Waals surface area contributed by atoms with E-state index in [0.717, 1.165) is 18.7 Å². The molecule has 2 aromatic rings. The van der Waals surface area contributed by atoms with Crippen LogP contribution in [-0.2, 0) is 17.8 Å². The van der Waals surface area contributed by atoms with Gasteiger partial charge in [-0.1, -0.05) is 6.07 Å². The van der Waals surface area contributed by atoms with Crippen molar-refractivity contribution in [2.24, 2.45) is 0 Å². The molecular formula is C18H21N3O4. The van der Waals surface area contributed by atoms with Gasteiger partial charge in [-0.15, -0.1) is 0 Å². The normalized spacial score (nSPS) is 19.2. The number of aromatic nitrogens is 2. The molecule has 0 aliphatic carbocycles. The van der Waals surface area contributed by atoms with Crippen molar-refractivity contribution < 1.29 is 19.0 Å². The monoisotopic (exact) mass is 343 g/mol. The molecule has 1 aromatic carbocycles. The van der Waals surface area contributed by atoms with E-state index in [1.165, 1.54) is 0 Å². The molecule has 7 nitrogen and oxygen atoms in total. The number of amides is 1. The zero-order valence-corrected chi connectivity index (χ0v) is 14.2. The van der Waals surface area contributed by atoms with Gasteiger partial charge in [0.2, 0.25) is 0 Å². The Morgan fingerprint density at radius 3 is 3.12 bits per heavy atom. The fraction of sp³-hybridized carbons (Fsp3) is 0.444. The van der Waals surface area contributed by atoms with Gasteiger partial charge in [-0.3, -0.25) is 4.79 Å². The standard InChI is InChI=1S/C18H21N3O4/c1-23-11-13-5-6-20-12-19-9-14(20)10-21(13)18(22)15-3-2-4-16-17(15)25-8-7-24-16/h2-4,9,12-13H,5-8,10-11H2,1H3/t13-/m1/s1.